The molecule has 1 fully saturated rings. The van der Waals surface area contributed by atoms with E-state index in [0.29, 0.717) is 10.8 Å². The van der Waals surface area contributed by atoms with Crippen LogP contribution in [0.4, 0.5) is 5.13 Å². The maximum absolute atomic E-state index is 12.4. The first-order valence-corrected chi connectivity index (χ1v) is 10.5. The molecule has 5 nitrogen and oxygen atoms in total. The number of aryl methyl sites for hydroxylation is 1. The third-order valence-corrected chi connectivity index (χ3v) is 7.75. The van der Waals surface area contributed by atoms with Crippen LogP contribution in [0.3, 0.4) is 0 Å². The Labute approximate surface area is 139 Å². The van der Waals surface area contributed by atoms with Crippen molar-refractivity contribution < 1.29 is 8.42 Å². The third kappa shape index (κ3) is 3.34. The lowest BCUT2D eigenvalue weighted by molar-refractivity contribution is 0.569. The molecule has 0 aromatic carbocycles. The second-order valence-electron chi connectivity index (χ2n) is 5.23. The minimum Gasteiger partial charge on any atom is -0.344 e. The van der Waals surface area contributed by atoms with Gasteiger partial charge in [0.15, 0.2) is 5.13 Å². The Morgan fingerprint density at radius 2 is 2.32 bits per heavy atom. The maximum atomic E-state index is 12.4. The summed E-state index contributed by atoms with van der Waals surface area (Å²) in [5.74, 6) is 0. The topological polar surface area (TPSA) is 62.3 Å². The number of thiophene rings is 1. The van der Waals surface area contributed by atoms with E-state index < -0.39 is 10.0 Å². The van der Waals surface area contributed by atoms with E-state index in [1.807, 2.05) is 18.4 Å². The van der Waals surface area contributed by atoms with Crippen LogP contribution < -0.4 is 9.62 Å². The standard InChI is InChI=1S/C14H19N3O2S3/c1-2-12-5-6-13(21-12)22(18,19)16-10-11-4-3-8-17(11)14-15-7-9-20-14/h5-7,9,11,16H,2-4,8,10H2,1H3. The van der Waals surface area contributed by atoms with Gasteiger partial charge in [0, 0.05) is 35.6 Å². The van der Waals surface area contributed by atoms with Gasteiger partial charge >= 0.3 is 0 Å². The number of hydrogen-bond donors (Lipinski definition) is 1. The molecule has 0 amide bonds. The summed E-state index contributed by atoms with van der Waals surface area (Å²) in [4.78, 5) is 7.63. The number of hydrogen-bond acceptors (Lipinski definition) is 6. The SMILES string of the molecule is CCc1ccc(S(=O)(=O)NCC2CCCN2c2nccs2)s1. The van der Waals surface area contributed by atoms with Gasteiger partial charge in [-0.2, -0.15) is 0 Å². The first kappa shape index (κ1) is 15.9. The minimum atomic E-state index is -3.40. The zero-order valence-corrected chi connectivity index (χ0v) is 14.8. The smallest absolute Gasteiger partial charge is 0.250 e. The molecular formula is C14H19N3O2S3. The molecule has 0 saturated carbocycles. The summed E-state index contributed by atoms with van der Waals surface area (Å²) < 4.78 is 27.9. The predicted octanol–water partition coefficient (Wildman–Crippen LogP) is 2.71. The summed E-state index contributed by atoms with van der Waals surface area (Å²) in [5.41, 5.74) is 0. The van der Waals surface area contributed by atoms with Crippen molar-refractivity contribution in [2.24, 2.45) is 0 Å². The Bertz CT molecular complexity index is 710. The Morgan fingerprint density at radius 3 is 3.00 bits per heavy atom. The van der Waals surface area contributed by atoms with Crippen LogP contribution in [0.1, 0.15) is 24.6 Å². The first-order valence-electron chi connectivity index (χ1n) is 7.34. The first-order chi connectivity index (χ1) is 10.6. The van der Waals surface area contributed by atoms with Crippen LogP contribution in [-0.2, 0) is 16.4 Å². The van der Waals surface area contributed by atoms with Crippen molar-refractivity contribution in [3.8, 4) is 0 Å². The molecule has 22 heavy (non-hydrogen) atoms. The van der Waals surface area contributed by atoms with E-state index in [0.717, 1.165) is 35.8 Å². The molecule has 2 aromatic heterocycles. The zero-order chi connectivity index (χ0) is 15.6. The highest BCUT2D eigenvalue weighted by molar-refractivity contribution is 7.91. The highest BCUT2D eigenvalue weighted by Crippen LogP contribution is 2.27. The molecule has 120 valence electrons. The van der Waals surface area contributed by atoms with Crippen LogP contribution in [0, 0.1) is 0 Å². The third-order valence-electron chi connectivity index (χ3n) is 3.80. The van der Waals surface area contributed by atoms with E-state index in [1.54, 1.807) is 23.6 Å². The van der Waals surface area contributed by atoms with Crippen molar-refractivity contribution >= 4 is 37.8 Å². The van der Waals surface area contributed by atoms with Crippen LogP contribution in [0.25, 0.3) is 0 Å². The van der Waals surface area contributed by atoms with Crippen LogP contribution in [0.15, 0.2) is 27.9 Å². The van der Waals surface area contributed by atoms with Gasteiger partial charge in [0.1, 0.15) is 4.21 Å². The molecule has 0 bridgehead atoms. The molecule has 1 saturated heterocycles. The van der Waals surface area contributed by atoms with Gasteiger partial charge in [0.2, 0.25) is 10.0 Å². The van der Waals surface area contributed by atoms with Gasteiger partial charge < -0.3 is 4.90 Å². The summed E-state index contributed by atoms with van der Waals surface area (Å²) in [5, 5.41) is 2.93. The summed E-state index contributed by atoms with van der Waals surface area (Å²) in [6, 6.07) is 3.77. The Hall–Kier alpha value is -0.960. The highest BCUT2D eigenvalue weighted by Gasteiger charge is 2.28. The largest absolute Gasteiger partial charge is 0.344 e. The summed E-state index contributed by atoms with van der Waals surface area (Å²) >= 11 is 2.95. The van der Waals surface area contributed by atoms with Crippen molar-refractivity contribution in [3.63, 3.8) is 0 Å². The van der Waals surface area contributed by atoms with E-state index in [1.165, 1.54) is 11.3 Å². The lowest BCUT2D eigenvalue weighted by atomic mass is 10.2. The molecule has 1 aliphatic rings. The molecular weight excluding hydrogens is 338 g/mol. The average Bonchev–Trinajstić information content (AvgIpc) is 3.23. The summed E-state index contributed by atoms with van der Waals surface area (Å²) in [7, 11) is -3.40. The van der Waals surface area contributed by atoms with E-state index in [2.05, 4.69) is 14.6 Å². The molecule has 1 aliphatic heterocycles. The quantitative estimate of drug-likeness (QED) is 0.863. The fourth-order valence-electron chi connectivity index (χ4n) is 2.63. The van der Waals surface area contributed by atoms with E-state index in [9.17, 15) is 8.42 Å². The minimum absolute atomic E-state index is 0.187. The van der Waals surface area contributed by atoms with Crippen molar-refractivity contribution in [1.29, 1.82) is 0 Å². The summed E-state index contributed by atoms with van der Waals surface area (Å²) in [6.45, 7) is 3.40. The Morgan fingerprint density at radius 1 is 1.45 bits per heavy atom. The number of aromatic nitrogens is 1. The van der Waals surface area contributed by atoms with Gasteiger partial charge in [-0.1, -0.05) is 6.92 Å². The van der Waals surface area contributed by atoms with E-state index in [-0.39, 0.29) is 6.04 Å². The Kier molecular flexibility index (Phi) is 4.82. The number of anilines is 1. The average molecular weight is 358 g/mol. The van der Waals surface area contributed by atoms with Gasteiger partial charge in [-0.15, -0.1) is 22.7 Å². The second-order valence-corrected chi connectivity index (χ2v) is 9.27. The maximum Gasteiger partial charge on any atom is 0.250 e. The molecule has 1 N–H and O–H groups in total. The molecule has 3 rings (SSSR count). The molecule has 0 spiro atoms. The van der Waals surface area contributed by atoms with Crippen LogP contribution in [-0.4, -0.2) is 32.5 Å². The molecule has 8 heteroatoms. The van der Waals surface area contributed by atoms with Crippen molar-refractivity contribution in [1.82, 2.24) is 9.71 Å². The van der Waals surface area contributed by atoms with E-state index in [4.69, 9.17) is 0 Å². The number of sulfonamides is 1. The number of rotatable bonds is 6. The molecule has 0 radical (unpaired) electrons. The monoisotopic (exact) mass is 357 g/mol. The van der Waals surface area contributed by atoms with Crippen molar-refractivity contribution in [3.05, 3.63) is 28.6 Å². The number of thiazole rings is 1. The predicted molar refractivity (Wildman–Crippen MR) is 91.4 cm³/mol. The second kappa shape index (κ2) is 6.66. The number of nitrogens with zero attached hydrogens (tertiary/aromatic N) is 2. The lowest BCUT2D eigenvalue weighted by Crippen LogP contribution is -2.40. The van der Waals surface area contributed by atoms with E-state index >= 15 is 0 Å². The van der Waals surface area contributed by atoms with Gasteiger partial charge in [-0.3, -0.25) is 0 Å². The van der Waals surface area contributed by atoms with Crippen LogP contribution in [0.2, 0.25) is 0 Å². The molecule has 1 atom stereocenters. The van der Waals surface area contributed by atoms with Crippen LogP contribution >= 0.6 is 22.7 Å². The fraction of sp³-hybridized carbons (Fsp3) is 0.500. The van der Waals surface area contributed by atoms with Gasteiger partial charge in [0.05, 0.1) is 0 Å². The zero-order valence-electron chi connectivity index (χ0n) is 12.4. The highest BCUT2D eigenvalue weighted by atomic mass is 32.2. The normalized spacial score (nSPS) is 19.0. The summed E-state index contributed by atoms with van der Waals surface area (Å²) in [6.07, 6.45) is 4.72. The molecule has 1 unspecified atom stereocenters. The van der Waals surface area contributed by atoms with Crippen molar-refractivity contribution in [2.45, 2.75) is 36.4 Å². The molecule has 2 aromatic rings. The van der Waals surface area contributed by atoms with Gasteiger partial charge in [-0.25, -0.2) is 18.1 Å². The fourth-order valence-corrected chi connectivity index (χ4v) is 5.78. The lowest BCUT2D eigenvalue weighted by Gasteiger charge is -2.24. The molecule has 3 heterocycles. The Balaban J connectivity index is 1.66. The van der Waals surface area contributed by atoms with Crippen molar-refractivity contribution in [2.75, 3.05) is 18.0 Å². The molecule has 0 aliphatic carbocycles. The number of nitrogens with one attached hydrogen (secondary N) is 1. The van der Waals surface area contributed by atoms with Gasteiger partial charge in [0.25, 0.3) is 0 Å². The van der Waals surface area contributed by atoms with Crippen LogP contribution in [0.5, 0.6) is 0 Å². The van der Waals surface area contributed by atoms with Gasteiger partial charge in [-0.05, 0) is 31.4 Å².